The maximum absolute atomic E-state index is 13.4. The lowest BCUT2D eigenvalue weighted by molar-refractivity contribution is -0.142. The number of imide groups is 1. The van der Waals surface area contributed by atoms with Crippen molar-refractivity contribution >= 4 is 17.8 Å². The highest BCUT2D eigenvalue weighted by atomic mass is 16.2. The second kappa shape index (κ2) is 8.97. The van der Waals surface area contributed by atoms with Crippen molar-refractivity contribution in [1.29, 1.82) is 0 Å². The second-order valence-electron chi connectivity index (χ2n) is 8.53. The average Bonchev–Trinajstić information content (AvgIpc) is 2.95. The smallest absolute Gasteiger partial charge is 0.325 e. The third kappa shape index (κ3) is 4.16. The van der Waals surface area contributed by atoms with E-state index in [1.165, 1.54) is 6.42 Å². The van der Waals surface area contributed by atoms with Crippen LogP contribution in [0.25, 0.3) is 0 Å². The van der Waals surface area contributed by atoms with Gasteiger partial charge in [-0.25, -0.2) is 4.79 Å². The van der Waals surface area contributed by atoms with E-state index in [4.69, 9.17) is 0 Å². The number of urea groups is 1. The summed E-state index contributed by atoms with van der Waals surface area (Å²) >= 11 is 0. The van der Waals surface area contributed by atoms with Crippen LogP contribution in [0.1, 0.15) is 71.3 Å². The molecule has 2 aliphatic rings. The summed E-state index contributed by atoms with van der Waals surface area (Å²) in [5, 5.41) is 2.90. The van der Waals surface area contributed by atoms with Crippen LogP contribution in [-0.4, -0.2) is 46.3 Å². The molecule has 1 aliphatic carbocycles. The Morgan fingerprint density at radius 3 is 2.41 bits per heavy atom. The third-order valence-corrected chi connectivity index (χ3v) is 6.17. The van der Waals surface area contributed by atoms with Crippen molar-refractivity contribution in [2.45, 2.75) is 83.3 Å². The van der Waals surface area contributed by atoms with Gasteiger partial charge in [0.05, 0.1) is 0 Å². The fourth-order valence-electron chi connectivity index (χ4n) is 4.87. The minimum Gasteiger partial charge on any atom is -0.336 e. The molecule has 3 rings (SSSR count). The molecule has 6 heteroatoms. The van der Waals surface area contributed by atoms with Gasteiger partial charge in [0, 0.05) is 12.1 Å². The Balaban J connectivity index is 1.82. The molecule has 1 N–H and O–H groups in total. The largest absolute Gasteiger partial charge is 0.336 e. The predicted octanol–water partition coefficient (Wildman–Crippen LogP) is 3.80. The maximum atomic E-state index is 13.4. The number of nitrogens with one attached hydrogen (secondary N) is 1. The van der Waals surface area contributed by atoms with Crippen LogP contribution in [0.4, 0.5) is 4.79 Å². The first-order valence-electron chi connectivity index (χ1n) is 10.9. The van der Waals surface area contributed by atoms with E-state index in [1.807, 2.05) is 56.0 Å². The number of carbonyl (C=O) groups excluding carboxylic acids is 3. The summed E-state index contributed by atoms with van der Waals surface area (Å²) in [6, 6.07) is 9.10. The molecular formula is C23H33N3O3. The molecular weight excluding hydrogens is 366 g/mol. The van der Waals surface area contributed by atoms with Gasteiger partial charge in [0.25, 0.3) is 5.91 Å². The quantitative estimate of drug-likeness (QED) is 0.709. The molecule has 1 saturated carbocycles. The van der Waals surface area contributed by atoms with Gasteiger partial charge in [0.1, 0.15) is 12.1 Å². The number of hydrogen-bond acceptors (Lipinski definition) is 3. The first-order chi connectivity index (χ1) is 13.9. The minimum absolute atomic E-state index is 0.0425. The van der Waals surface area contributed by atoms with Gasteiger partial charge in [-0.2, -0.15) is 0 Å². The van der Waals surface area contributed by atoms with Crippen molar-refractivity contribution in [1.82, 2.24) is 15.1 Å². The summed E-state index contributed by atoms with van der Waals surface area (Å²) in [6.07, 6.45) is 6.68. The second-order valence-corrected chi connectivity index (χ2v) is 8.53. The molecule has 0 bridgehead atoms. The maximum Gasteiger partial charge on any atom is 0.325 e. The van der Waals surface area contributed by atoms with Crippen LogP contribution in [0, 0.1) is 0 Å². The Bertz CT molecular complexity index is 743. The molecule has 158 valence electrons. The summed E-state index contributed by atoms with van der Waals surface area (Å²) in [5.41, 5.74) is -0.316. The molecule has 0 radical (unpaired) electrons. The fraction of sp³-hybridized carbons (Fsp3) is 0.609. The van der Waals surface area contributed by atoms with E-state index < -0.39 is 11.6 Å². The van der Waals surface area contributed by atoms with Crippen LogP contribution in [0.15, 0.2) is 30.3 Å². The number of amides is 4. The molecule has 6 nitrogen and oxygen atoms in total. The molecule has 1 saturated heterocycles. The lowest BCUT2D eigenvalue weighted by atomic mass is 9.85. The Labute approximate surface area is 173 Å². The predicted molar refractivity (Wildman–Crippen MR) is 112 cm³/mol. The number of benzene rings is 1. The van der Waals surface area contributed by atoms with E-state index in [2.05, 4.69) is 5.32 Å². The van der Waals surface area contributed by atoms with E-state index in [-0.39, 0.29) is 30.4 Å². The zero-order valence-corrected chi connectivity index (χ0v) is 17.8. The van der Waals surface area contributed by atoms with Crippen molar-refractivity contribution in [2.24, 2.45) is 0 Å². The fourth-order valence-corrected chi connectivity index (χ4v) is 4.87. The summed E-state index contributed by atoms with van der Waals surface area (Å²) in [6.45, 7) is 5.80. The lowest BCUT2D eigenvalue weighted by Crippen LogP contribution is -2.51. The van der Waals surface area contributed by atoms with Crippen molar-refractivity contribution in [3.8, 4) is 0 Å². The average molecular weight is 400 g/mol. The van der Waals surface area contributed by atoms with E-state index in [9.17, 15) is 14.4 Å². The highest BCUT2D eigenvalue weighted by molar-refractivity contribution is 6.09. The third-order valence-electron chi connectivity index (χ3n) is 6.17. The van der Waals surface area contributed by atoms with Gasteiger partial charge >= 0.3 is 6.03 Å². The van der Waals surface area contributed by atoms with Crippen molar-refractivity contribution in [2.75, 3.05) is 6.54 Å². The molecule has 1 aromatic rings. The minimum atomic E-state index is -1.08. The molecule has 0 spiro atoms. The highest BCUT2D eigenvalue weighted by Crippen LogP contribution is 2.34. The number of rotatable bonds is 7. The molecule has 1 aromatic carbocycles. The van der Waals surface area contributed by atoms with Gasteiger partial charge in [0.2, 0.25) is 5.91 Å². The van der Waals surface area contributed by atoms with Crippen LogP contribution >= 0.6 is 0 Å². The monoisotopic (exact) mass is 399 g/mol. The lowest BCUT2D eigenvalue weighted by Gasteiger charge is -2.38. The van der Waals surface area contributed by atoms with E-state index in [0.717, 1.165) is 42.6 Å². The zero-order valence-electron chi connectivity index (χ0n) is 17.8. The first-order valence-corrected chi connectivity index (χ1v) is 10.9. The van der Waals surface area contributed by atoms with Crippen LogP contribution < -0.4 is 5.32 Å². The summed E-state index contributed by atoms with van der Waals surface area (Å²) in [5.74, 6) is -0.466. The molecule has 29 heavy (non-hydrogen) atoms. The van der Waals surface area contributed by atoms with Gasteiger partial charge in [-0.05, 0) is 38.7 Å². The Morgan fingerprint density at radius 2 is 1.83 bits per heavy atom. The SMILES string of the molecule is CCC[C@]1(c2ccccc2)NC(=O)N(CC(=O)N(C(C)C)C2CCCCC2)C1=O. The number of hydrogen-bond donors (Lipinski definition) is 1. The van der Waals surface area contributed by atoms with Gasteiger partial charge in [0.15, 0.2) is 0 Å². The van der Waals surface area contributed by atoms with Crippen LogP contribution in [0.5, 0.6) is 0 Å². The van der Waals surface area contributed by atoms with Crippen molar-refractivity contribution in [3.05, 3.63) is 35.9 Å². The summed E-state index contributed by atoms with van der Waals surface area (Å²) in [4.78, 5) is 42.4. The van der Waals surface area contributed by atoms with E-state index in [0.29, 0.717) is 6.42 Å². The van der Waals surface area contributed by atoms with Gasteiger partial charge in [-0.1, -0.05) is 62.9 Å². The Kier molecular flexibility index (Phi) is 6.60. The van der Waals surface area contributed by atoms with E-state index >= 15 is 0 Å². The van der Waals surface area contributed by atoms with Crippen LogP contribution in [0.3, 0.4) is 0 Å². The van der Waals surface area contributed by atoms with Crippen molar-refractivity contribution < 1.29 is 14.4 Å². The highest BCUT2D eigenvalue weighted by Gasteiger charge is 2.52. The van der Waals surface area contributed by atoms with E-state index in [1.54, 1.807) is 0 Å². The number of carbonyl (C=O) groups is 3. The molecule has 1 atom stereocenters. The Morgan fingerprint density at radius 1 is 1.17 bits per heavy atom. The normalized spacial score (nSPS) is 22.8. The molecule has 4 amide bonds. The molecule has 1 aliphatic heterocycles. The van der Waals surface area contributed by atoms with Gasteiger partial charge in [-0.3, -0.25) is 14.5 Å². The standard InChI is InChI=1S/C23H33N3O3/c1-4-15-23(18-11-7-5-8-12-18)21(28)25(22(29)24-23)16-20(27)26(17(2)3)19-13-9-6-10-14-19/h5,7-8,11-12,17,19H,4,6,9-10,13-16H2,1-3H3,(H,24,29)/t23-/m1/s1. The topological polar surface area (TPSA) is 69.7 Å². The molecule has 0 unspecified atom stereocenters. The Hall–Kier alpha value is -2.37. The van der Waals surface area contributed by atoms with Crippen molar-refractivity contribution in [3.63, 3.8) is 0 Å². The van der Waals surface area contributed by atoms with Crippen LogP contribution in [0.2, 0.25) is 0 Å². The van der Waals surface area contributed by atoms with Gasteiger partial charge < -0.3 is 10.2 Å². The molecule has 2 fully saturated rings. The number of nitrogens with zero attached hydrogens (tertiary/aromatic N) is 2. The van der Waals surface area contributed by atoms with Gasteiger partial charge in [-0.15, -0.1) is 0 Å². The molecule has 1 heterocycles. The zero-order chi connectivity index (χ0) is 21.0. The van der Waals surface area contributed by atoms with Crippen LogP contribution in [-0.2, 0) is 15.1 Å². The first kappa shape index (κ1) is 21.3. The summed E-state index contributed by atoms with van der Waals surface area (Å²) in [7, 11) is 0. The molecule has 0 aromatic heterocycles. The summed E-state index contributed by atoms with van der Waals surface area (Å²) < 4.78 is 0.